The molecule has 0 N–H and O–H groups in total. The van der Waals surface area contributed by atoms with Gasteiger partial charge in [0.2, 0.25) is 0 Å². The van der Waals surface area contributed by atoms with Crippen molar-refractivity contribution < 1.29 is 9.53 Å². The molecule has 1 aromatic heterocycles. The van der Waals surface area contributed by atoms with Gasteiger partial charge in [-0.05, 0) is 43.0 Å². The summed E-state index contributed by atoms with van der Waals surface area (Å²) in [5.74, 6) is 1.15. The van der Waals surface area contributed by atoms with Crippen LogP contribution in [-0.4, -0.2) is 19.0 Å². The lowest BCUT2D eigenvalue weighted by Crippen LogP contribution is -2.15. The van der Waals surface area contributed by atoms with E-state index in [9.17, 15) is 4.79 Å². The third kappa shape index (κ3) is 3.92. The van der Waals surface area contributed by atoms with Crippen molar-refractivity contribution in [3.8, 4) is 0 Å². The Kier molecular flexibility index (Phi) is 5.39. The number of ketones is 1. The van der Waals surface area contributed by atoms with Crippen LogP contribution in [0.3, 0.4) is 0 Å². The third-order valence-corrected chi connectivity index (χ3v) is 4.62. The first-order valence-electron chi connectivity index (χ1n) is 6.91. The zero-order valence-electron chi connectivity index (χ0n) is 11.1. The molecular formula is C15H22O2S. The molecular weight excluding hydrogens is 244 g/mol. The molecule has 1 saturated heterocycles. The van der Waals surface area contributed by atoms with Crippen molar-refractivity contribution in [1.82, 2.24) is 0 Å². The molecule has 0 unspecified atom stereocenters. The zero-order chi connectivity index (χ0) is 12.8. The van der Waals surface area contributed by atoms with E-state index in [1.165, 1.54) is 25.7 Å². The van der Waals surface area contributed by atoms with Crippen molar-refractivity contribution in [2.24, 2.45) is 5.92 Å². The van der Waals surface area contributed by atoms with Gasteiger partial charge in [-0.25, -0.2) is 0 Å². The average Bonchev–Trinajstić information content (AvgIpc) is 2.82. The van der Waals surface area contributed by atoms with Crippen LogP contribution in [0.2, 0.25) is 0 Å². The summed E-state index contributed by atoms with van der Waals surface area (Å²) in [6.07, 6.45) is 6.60. The lowest BCUT2D eigenvalue weighted by Gasteiger charge is -2.21. The van der Waals surface area contributed by atoms with Crippen molar-refractivity contribution >= 4 is 17.1 Å². The van der Waals surface area contributed by atoms with Gasteiger partial charge in [-0.3, -0.25) is 4.79 Å². The van der Waals surface area contributed by atoms with Crippen molar-refractivity contribution in [3.05, 3.63) is 21.9 Å². The zero-order valence-corrected chi connectivity index (χ0v) is 11.9. The molecule has 0 amide bonds. The lowest BCUT2D eigenvalue weighted by molar-refractivity contribution is 0.0630. The molecule has 0 spiro atoms. The molecule has 0 radical (unpaired) electrons. The molecule has 0 aliphatic carbocycles. The smallest absolute Gasteiger partial charge is 0.163 e. The van der Waals surface area contributed by atoms with E-state index in [1.807, 2.05) is 12.3 Å². The quantitative estimate of drug-likeness (QED) is 0.569. The standard InChI is InChI=1S/C15H22O2S/c1-12-10-18-11-14(12)15(16)5-3-2-4-13-6-8-17-9-7-13/h10-11,13H,2-9H2,1H3. The Morgan fingerprint density at radius 3 is 2.78 bits per heavy atom. The number of thiophene rings is 1. The SMILES string of the molecule is Cc1cscc1C(=O)CCCCC1CCOCC1. The van der Waals surface area contributed by atoms with Crippen molar-refractivity contribution in [3.63, 3.8) is 0 Å². The first kappa shape index (κ1) is 13.8. The van der Waals surface area contributed by atoms with Crippen LogP contribution >= 0.6 is 11.3 Å². The number of Topliss-reactive ketones (excluding diaryl/α,β-unsaturated/α-hetero) is 1. The molecule has 0 bridgehead atoms. The molecule has 1 aliphatic heterocycles. The topological polar surface area (TPSA) is 26.3 Å². The molecule has 1 aromatic rings. The molecule has 2 heterocycles. The second kappa shape index (κ2) is 7.05. The van der Waals surface area contributed by atoms with Gasteiger partial charge in [-0.15, -0.1) is 0 Å². The summed E-state index contributed by atoms with van der Waals surface area (Å²) in [5, 5.41) is 4.03. The van der Waals surface area contributed by atoms with Crippen molar-refractivity contribution in [2.75, 3.05) is 13.2 Å². The molecule has 3 heteroatoms. The van der Waals surface area contributed by atoms with E-state index in [1.54, 1.807) is 11.3 Å². The molecule has 1 fully saturated rings. The van der Waals surface area contributed by atoms with Gasteiger partial charge in [0.15, 0.2) is 5.78 Å². The van der Waals surface area contributed by atoms with Gasteiger partial charge in [-0.1, -0.05) is 12.8 Å². The predicted molar refractivity (Wildman–Crippen MR) is 75.4 cm³/mol. The van der Waals surface area contributed by atoms with Gasteiger partial charge in [0.05, 0.1) is 0 Å². The first-order chi connectivity index (χ1) is 8.77. The van der Waals surface area contributed by atoms with Crippen molar-refractivity contribution in [2.45, 2.75) is 45.4 Å². The number of unbranched alkanes of at least 4 members (excludes halogenated alkanes) is 1. The van der Waals surface area contributed by atoms with Gasteiger partial charge in [-0.2, -0.15) is 11.3 Å². The van der Waals surface area contributed by atoms with Crippen LogP contribution in [0.15, 0.2) is 10.8 Å². The van der Waals surface area contributed by atoms with Crippen LogP contribution in [0.5, 0.6) is 0 Å². The molecule has 1 aliphatic rings. The fourth-order valence-corrected chi connectivity index (χ4v) is 3.39. The fourth-order valence-electron chi connectivity index (χ4n) is 2.53. The van der Waals surface area contributed by atoms with E-state index in [0.717, 1.165) is 36.7 Å². The first-order valence-corrected chi connectivity index (χ1v) is 7.85. The normalized spacial score (nSPS) is 16.9. The molecule has 100 valence electrons. The summed E-state index contributed by atoms with van der Waals surface area (Å²) in [6, 6.07) is 0. The Bertz CT molecular complexity index is 378. The number of rotatable bonds is 6. The minimum atomic E-state index is 0.320. The molecule has 0 saturated carbocycles. The van der Waals surface area contributed by atoms with Gasteiger partial charge in [0.25, 0.3) is 0 Å². The van der Waals surface area contributed by atoms with Gasteiger partial charge in [0.1, 0.15) is 0 Å². The molecule has 0 atom stereocenters. The van der Waals surface area contributed by atoms with Gasteiger partial charge in [0, 0.05) is 30.6 Å². The van der Waals surface area contributed by atoms with Crippen LogP contribution in [0, 0.1) is 12.8 Å². The minimum Gasteiger partial charge on any atom is -0.381 e. The maximum absolute atomic E-state index is 12.0. The van der Waals surface area contributed by atoms with Gasteiger partial charge < -0.3 is 4.74 Å². The van der Waals surface area contributed by atoms with Crippen LogP contribution in [-0.2, 0) is 4.74 Å². The highest BCUT2D eigenvalue weighted by molar-refractivity contribution is 7.08. The molecule has 0 aromatic carbocycles. The predicted octanol–water partition coefficient (Wildman–Crippen LogP) is 4.23. The number of ether oxygens (including phenoxy) is 1. The van der Waals surface area contributed by atoms with Gasteiger partial charge >= 0.3 is 0 Å². The molecule has 2 rings (SSSR count). The van der Waals surface area contributed by atoms with E-state index >= 15 is 0 Å². The summed E-state index contributed by atoms with van der Waals surface area (Å²) in [6.45, 7) is 3.88. The number of hydrogen-bond acceptors (Lipinski definition) is 3. The number of carbonyl (C=O) groups is 1. The van der Waals surface area contributed by atoms with Crippen LogP contribution < -0.4 is 0 Å². The Morgan fingerprint density at radius 2 is 2.11 bits per heavy atom. The number of aryl methyl sites for hydroxylation is 1. The van der Waals surface area contributed by atoms with Crippen molar-refractivity contribution in [1.29, 1.82) is 0 Å². The van der Waals surface area contributed by atoms with Crippen LogP contribution in [0.25, 0.3) is 0 Å². The summed E-state index contributed by atoms with van der Waals surface area (Å²) in [4.78, 5) is 12.0. The second-order valence-electron chi connectivity index (χ2n) is 5.19. The maximum atomic E-state index is 12.0. The largest absolute Gasteiger partial charge is 0.381 e. The lowest BCUT2D eigenvalue weighted by atomic mass is 9.93. The van der Waals surface area contributed by atoms with E-state index in [4.69, 9.17) is 4.74 Å². The summed E-state index contributed by atoms with van der Waals surface area (Å²) in [7, 11) is 0. The molecule has 2 nitrogen and oxygen atoms in total. The summed E-state index contributed by atoms with van der Waals surface area (Å²) >= 11 is 1.62. The molecule has 18 heavy (non-hydrogen) atoms. The summed E-state index contributed by atoms with van der Waals surface area (Å²) < 4.78 is 5.35. The second-order valence-corrected chi connectivity index (χ2v) is 5.94. The number of hydrogen-bond donors (Lipinski definition) is 0. The van der Waals surface area contributed by atoms with E-state index in [2.05, 4.69) is 5.38 Å². The average molecular weight is 266 g/mol. The monoisotopic (exact) mass is 266 g/mol. The third-order valence-electron chi connectivity index (χ3n) is 3.76. The maximum Gasteiger partial charge on any atom is 0.163 e. The Labute approximate surface area is 113 Å². The van der Waals surface area contributed by atoms with E-state index in [-0.39, 0.29) is 0 Å². The highest BCUT2D eigenvalue weighted by Crippen LogP contribution is 2.22. The Balaban J connectivity index is 1.63. The number of carbonyl (C=O) groups excluding carboxylic acids is 1. The highest BCUT2D eigenvalue weighted by atomic mass is 32.1. The van der Waals surface area contributed by atoms with E-state index < -0.39 is 0 Å². The highest BCUT2D eigenvalue weighted by Gasteiger charge is 2.14. The minimum absolute atomic E-state index is 0.320. The van der Waals surface area contributed by atoms with E-state index in [0.29, 0.717) is 12.2 Å². The Hall–Kier alpha value is -0.670. The Morgan fingerprint density at radius 1 is 1.33 bits per heavy atom. The van der Waals surface area contributed by atoms with Crippen LogP contribution in [0.4, 0.5) is 0 Å². The van der Waals surface area contributed by atoms with Crippen LogP contribution in [0.1, 0.15) is 54.4 Å². The fraction of sp³-hybridized carbons (Fsp3) is 0.667. The summed E-state index contributed by atoms with van der Waals surface area (Å²) in [5.41, 5.74) is 2.07.